The van der Waals surface area contributed by atoms with E-state index in [1.807, 2.05) is 0 Å². The van der Waals surface area contributed by atoms with Crippen molar-refractivity contribution in [3.63, 3.8) is 0 Å². The van der Waals surface area contributed by atoms with Gasteiger partial charge in [-0.3, -0.25) is 0 Å². The van der Waals surface area contributed by atoms with Crippen LogP contribution in [-0.2, 0) is 0 Å². The van der Waals surface area contributed by atoms with E-state index in [1.54, 1.807) is 6.92 Å². The largest absolute Gasteiger partial charge is 0.362 e. The Bertz CT molecular complexity index is 56.4. The molecule has 3 heteroatoms. The van der Waals surface area contributed by atoms with Gasteiger partial charge in [0.2, 0.25) is 6.36 Å². The van der Waals surface area contributed by atoms with Crippen molar-refractivity contribution >= 4 is 0 Å². The van der Waals surface area contributed by atoms with E-state index in [0.717, 1.165) is 0 Å². The third-order valence-corrected chi connectivity index (χ3v) is 0.863. The van der Waals surface area contributed by atoms with Crippen molar-refractivity contribution in [1.29, 1.82) is 0 Å². The minimum Gasteiger partial charge on any atom is -0.362 e. The average molecular weight is 124 g/mol. The Labute approximate surface area is 47.3 Å². The van der Waals surface area contributed by atoms with Gasteiger partial charge >= 0.3 is 0 Å². The van der Waals surface area contributed by atoms with Crippen LogP contribution in [0, 0.1) is 0 Å². The van der Waals surface area contributed by atoms with Crippen LogP contribution in [0.3, 0.4) is 0 Å². The Morgan fingerprint density at radius 1 is 1.50 bits per heavy atom. The molecule has 0 heterocycles. The van der Waals surface area contributed by atoms with Gasteiger partial charge in [0, 0.05) is 0 Å². The topological polar surface area (TPSA) is 20.2 Å². The number of hydrogen-bond donors (Lipinski definition) is 1. The van der Waals surface area contributed by atoms with Crippen LogP contribution in [0.5, 0.6) is 0 Å². The molecule has 0 aromatic carbocycles. The molecule has 0 spiro atoms. The first kappa shape index (κ1) is 7.82. The third-order valence-electron chi connectivity index (χ3n) is 0.863. The molecule has 0 aromatic heterocycles. The Kier molecular flexibility index (Phi) is 3.69. The summed E-state index contributed by atoms with van der Waals surface area (Å²) in [6, 6.07) is 0. The molecular weight excluding hydrogens is 114 g/mol. The van der Waals surface area contributed by atoms with E-state index in [9.17, 15) is 8.78 Å². The molecule has 1 N–H and O–H groups in total. The lowest BCUT2D eigenvalue weighted by Gasteiger charge is -2.04. The smallest absolute Gasteiger partial charge is 0.227 e. The van der Waals surface area contributed by atoms with Crippen molar-refractivity contribution < 1.29 is 13.9 Å². The fourth-order valence-corrected chi connectivity index (χ4v) is 0.413. The molecule has 2 atom stereocenters. The van der Waals surface area contributed by atoms with Gasteiger partial charge in [-0.05, 0) is 6.42 Å². The van der Waals surface area contributed by atoms with Gasteiger partial charge in [0.05, 0.1) is 0 Å². The minimum atomic E-state index is -2.30. The zero-order chi connectivity index (χ0) is 6.57. The van der Waals surface area contributed by atoms with E-state index in [4.69, 9.17) is 5.11 Å². The van der Waals surface area contributed by atoms with E-state index in [-0.39, 0.29) is 6.42 Å². The summed E-state index contributed by atoms with van der Waals surface area (Å²) < 4.78 is 23.4. The van der Waals surface area contributed by atoms with E-state index < -0.39 is 12.5 Å². The summed E-state index contributed by atoms with van der Waals surface area (Å²) >= 11 is 0. The highest BCUT2D eigenvalue weighted by molar-refractivity contribution is 4.54. The molecule has 0 aromatic rings. The van der Waals surface area contributed by atoms with Crippen LogP contribution in [-0.4, -0.2) is 17.6 Å². The molecule has 0 aliphatic rings. The van der Waals surface area contributed by atoms with E-state index in [1.165, 1.54) is 0 Å². The second-order valence-electron chi connectivity index (χ2n) is 1.68. The summed E-state index contributed by atoms with van der Waals surface area (Å²) in [6.45, 7) is 1.73. The van der Waals surface area contributed by atoms with Crippen LogP contribution in [0.15, 0.2) is 0 Å². The molecule has 50 valence electrons. The van der Waals surface area contributed by atoms with Crippen LogP contribution in [0.4, 0.5) is 8.78 Å². The zero-order valence-corrected chi connectivity index (χ0v) is 4.77. The van der Waals surface area contributed by atoms with E-state index in [2.05, 4.69) is 0 Å². The summed E-state index contributed by atoms with van der Waals surface area (Å²) in [4.78, 5) is 0. The monoisotopic (exact) mass is 124 g/mol. The summed E-state index contributed by atoms with van der Waals surface area (Å²) in [5, 5.41) is 7.91. The van der Waals surface area contributed by atoms with Gasteiger partial charge in [-0.25, -0.2) is 8.78 Å². The molecule has 0 saturated carbocycles. The molecule has 1 nitrogen and oxygen atoms in total. The van der Waals surface area contributed by atoms with Crippen molar-refractivity contribution in [2.75, 3.05) is 0 Å². The standard InChI is InChI=1S/C5H10F2O/c1-2-3-4(6)5(7)8/h4-5,8H,2-3H2,1H3. The van der Waals surface area contributed by atoms with Crippen molar-refractivity contribution in [2.45, 2.75) is 32.3 Å². The molecule has 0 amide bonds. The third kappa shape index (κ3) is 2.91. The number of aliphatic hydroxyl groups is 1. The summed E-state index contributed by atoms with van der Waals surface area (Å²) in [5.74, 6) is 0. The Hall–Kier alpha value is -0.180. The molecule has 0 saturated heterocycles. The van der Waals surface area contributed by atoms with Gasteiger partial charge in [0.25, 0.3) is 0 Å². The molecule has 0 rings (SSSR count). The number of hydrogen-bond acceptors (Lipinski definition) is 1. The first-order chi connectivity index (χ1) is 3.68. The van der Waals surface area contributed by atoms with Crippen molar-refractivity contribution in [1.82, 2.24) is 0 Å². The van der Waals surface area contributed by atoms with E-state index in [0.29, 0.717) is 6.42 Å². The molecule has 0 aliphatic heterocycles. The fraction of sp³-hybridized carbons (Fsp3) is 1.00. The number of alkyl halides is 2. The van der Waals surface area contributed by atoms with Crippen LogP contribution in [0.1, 0.15) is 19.8 Å². The van der Waals surface area contributed by atoms with Crippen LogP contribution >= 0.6 is 0 Å². The van der Waals surface area contributed by atoms with Crippen LogP contribution < -0.4 is 0 Å². The first-order valence-corrected chi connectivity index (χ1v) is 2.64. The van der Waals surface area contributed by atoms with E-state index >= 15 is 0 Å². The molecule has 0 fully saturated rings. The quantitative estimate of drug-likeness (QED) is 0.603. The summed E-state index contributed by atoms with van der Waals surface area (Å²) in [7, 11) is 0. The van der Waals surface area contributed by atoms with Gasteiger partial charge in [-0.15, -0.1) is 0 Å². The fourth-order valence-electron chi connectivity index (χ4n) is 0.413. The summed E-state index contributed by atoms with van der Waals surface area (Å²) in [6.07, 6.45) is -3.34. The first-order valence-electron chi connectivity index (χ1n) is 2.64. The van der Waals surface area contributed by atoms with Gasteiger partial charge in [0.1, 0.15) is 0 Å². The number of halogens is 2. The van der Waals surface area contributed by atoms with Gasteiger partial charge in [-0.2, -0.15) is 0 Å². The lowest BCUT2D eigenvalue weighted by molar-refractivity contribution is -0.0301. The normalized spacial score (nSPS) is 18.0. The number of aliphatic hydroxyl groups excluding tert-OH is 1. The van der Waals surface area contributed by atoms with Crippen LogP contribution in [0.2, 0.25) is 0 Å². The molecule has 0 radical (unpaired) electrons. The Morgan fingerprint density at radius 3 is 2.12 bits per heavy atom. The maximum absolute atomic E-state index is 11.9. The molecule has 2 unspecified atom stereocenters. The van der Waals surface area contributed by atoms with Crippen molar-refractivity contribution in [2.24, 2.45) is 0 Å². The van der Waals surface area contributed by atoms with Gasteiger partial charge in [-0.1, -0.05) is 13.3 Å². The molecular formula is C5H10F2O. The highest BCUT2D eigenvalue weighted by Gasteiger charge is 2.14. The lowest BCUT2D eigenvalue weighted by Crippen LogP contribution is -2.15. The molecule has 0 aliphatic carbocycles. The average Bonchev–Trinajstić information content (AvgIpc) is 1.67. The Balaban J connectivity index is 3.17. The maximum Gasteiger partial charge on any atom is 0.227 e. The zero-order valence-electron chi connectivity index (χ0n) is 4.77. The predicted octanol–water partition coefficient (Wildman–Crippen LogP) is 1.41. The minimum absolute atomic E-state index is 0.0949. The van der Waals surface area contributed by atoms with Gasteiger partial charge < -0.3 is 5.11 Å². The Morgan fingerprint density at radius 2 is 2.00 bits per heavy atom. The van der Waals surface area contributed by atoms with Gasteiger partial charge in [0.15, 0.2) is 6.17 Å². The SMILES string of the molecule is CCCC(F)C(O)F. The van der Waals surface area contributed by atoms with Crippen molar-refractivity contribution in [3.8, 4) is 0 Å². The number of rotatable bonds is 3. The summed E-state index contributed by atoms with van der Waals surface area (Å²) in [5.41, 5.74) is 0. The molecule has 0 bridgehead atoms. The second kappa shape index (κ2) is 3.78. The predicted molar refractivity (Wildman–Crippen MR) is 26.9 cm³/mol. The lowest BCUT2D eigenvalue weighted by atomic mass is 10.2. The highest BCUT2D eigenvalue weighted by atomic mass is 19.2. The second-order valence-corrected chi connectivity index (χ2v) is 1.68. The maximum atomic E-state index is 11.9. The van der Waals surface area contributed by atoms with Crippen molar-refractivity contribution in [3.05, 3.63) is 0 Å². The molecule has 8 heavy (non-hydrogen) atoms. The highest BCUT2D eigenvalue weighted by Crippen LogP contribution is 2.06. The van der Waals surface area contributed by atoms with Crippen LogP contribution in [0.25, 0.3) is 0 Å².